The number of fused-ring (bicyclic) bond motifs is 3. The SMILES string of the molecule is Cc1noc(C)c1S(=O)(=O)N(C)C[C@H]1OCc2ccccc2-c2ccccc2C(=O)N([C@@H](C)CO)C[C@@H]1C. The van der Waals surface area contributed by atoms with Crippen molar-refractivity contribution in [2.24, 2.45) is 5.92 Å². The maximum absolute atomic E-state index is 13.9. The highest BCUT2D eigenvalue weighted by Gasteiger charge is 2.34. The fraction of sp³-hybridized carbons (Fsp3) is 0.429. The zero-order valence-corrected chi connectivity index (χ0v) is 23.2. The van der Waals surface area contributed by atoms with Crippen molar-refractivity contribution in [3.8, 4) is 11.1 Å². The van der Waals surface area contributed by atoms with Crippen molar-refractivity contribution in [1.82, 2.24) is 14.4 Å². The number of carbonyl (C=O) groups is 1. The van der Waals surface area contributed by atoms with Crippen LogP contribution in [0.15, 0.2) is 57.9 Å². The Morgan fingerprint density at radius 2 is 1.74 bits per heavy atom. The molecule has 0 radical (unpaired) electrons. The quantitative estimate of drug-likeness (QED) is 0.507. The largest absolute Gasteiger partial charge is 0.394 e. The van der Waals surface area contributed by atoms with E-state index in [-0.39, 0.29) is 48.8 Å². The molecule has 1 aromatic heterocycles. The number of likely N-dealkylation sites (N-methyl/N-ethyl adjacent to an activating group) is 1. The summed E-state index contributed by atoms with van der Waals surface area (Å²) in [5, 5.41) is 13.8. The lowest BCUT2D eigenvalue weighted by Gasteiger charge is -2.35. The van der Waals surface area contributed by atoms with Gasteiger partial charge in [-0.05, 0) is 43.5 Å². The van der Waals surface area contributed by atoms with Crippen LogP contribution in [0.1, 0.15) is 41.2 Å². The minimum absolute atomic E-state index is 0.0517. The average molecular weight is 542 g/mol. The summed E-state index contributed by atoms with van der Waals surface area (Å²) in [5.74, 6) is -0.222. The van der Waals surface area contributed by atoms with Crippen LogP contribution in [0.2, 0.25) is 0 Å². The lowest BCUT2D eigenvalue weighted by molar-refractivity contribution is -0.0146. The molecule has 0 bridgehead atoms. The molecule has 9 nitrogen and oxygen atoms in total. The summed E-state index contributed by atoms with van der Waals surface area (Å²) < 4.78 is 39.7. The van der Waals surface area contributed by atoms with Crippen LogP contribution < -0.4 is 0 Å². The summed E-state index contributed by atoms with van der Waals surface area (Å²) in [7, 11) is -2.39. The monoisotopic (exact) mass is 541 g/mol. The lowest BCUT2D eigenvalue weighted by Crippen LogP contribution is -2.47. The maximum Gasteiger partial charge on any atom is 0.254 e. The number of aliphatic hydroxyl groups excluding tert-OH is 1. The predicted molar refractivity (Wildman–Crippen MR) is 143 cm³/mol. The molecule has 2 aromatic carbocycles. The highest BCUT2D eigenvalue weighted by Crippen LogP contribution is 2.31. The van der Waals surface area contributed by atoms with Gasteiger partial charge in [0, 0.05) is 31.6 Å². The van der Waals surface area contributed by atoms with Crippen LogP contribution in [0.25, 0.3) is 11.1 Å². The van der Waals surface area contributed by atoms with E-state index in [0.717, 1.165) is 16.7 Å². The molecule has 3 aromatic rings. The van der Waals surface area contributed by atoms with Gasteiger partial charge in [0.15, 0.2) is 5.76 Å². The highest BCUT2D eigenvalue weighted by molar-refractivity contribution is 7.89. The van der Waals surface area contributed by atoms with E-state index in [2.05, 4.69) is 5.16 Å². The number of rotatable bonds is 6. The van der Waals surface area contributed by atoms with Crippen LogP contribution in [0.5, 0.6) is 0 Å². The second-order valence-corrected chi connectivity index (χ2v) is 11.9. The summed E-state index contributed by atoms with van der Waals surface area (Å²) >= 11 is 0. The lowest BCUT2D eigenvalue weighted by atomic mass is 9.94. The zero-order valence-electron chi connectivity index (χ0n) is 22.4. The Hall–Kier alpha value is -3.05. The molecule has 0 saturated heterocycles. The number of amides is 1. The van der Waals surface area contributed by atoms with E-state index >= 15 is 0 Å². The number of aliphatic hydroxyl groups is 1. The van der Waals surface area contributed by atoms with Crippen molar-refractivity contribution in [1.29, 1.82) is 0 Å². The normalized spacial score (nSPS) is 19.6. The number of aromatic nitrogens is 1. The van der Waals surface area contributed by atoms with Crippen molar-refractivity contribution in [2.75, 3.05) is 26.7 Å². The molecule has 10 heteroatoms. The third kappa shape index (κ3) is 5.40. The van der Waals surface area contributed by atoms with E-state index in [9.17, 15) is 18.3 Å². The van der Waals surface area contributed by atoms with Crippen LogP contribution in [-0.4, -0.2) is 72.7 Å². The maximum atomic E-state index is 13.9. The molecule has 0 unspecified atom stereocenters. The van der Waals surface area contributed by atoms with E-state index < -0.39 is 22.2 Å². The van der Waals surface area contributed by atoms with Gasteiger partial charge >= 0.3 is 0 Å². The summed E-state index contributed by atoms with van der Waals surface area (Å²) in [5.41, 5.74) is 3.40. The second kappa shape index (κ2) is 11.4. The summed E-state index contributed by atoms with van der Waals surface area (Å²) in [6.45, 7) is 7.25. The summed E-state index contributed by atoms with van der Waals surface area (Å²) in [6.07, 6.45) is -0.550. The van der Waals surface area contributed by atoms with Gasteiger partial charge in [-0.25, -0.2) is 8.42 Å². The van der Waals surface area contributed by atoms with Crippen LogP contribution in [0.4, 0.5) is 0 Å². The molecule has 2 heterocycles. The molecule has 0 saturated carbocycles. The fourth-order valence-corrected chi connectivity index (χ4v) is 6.37. The molecule has 1 aliphatic rings. The van der Waals surface area contributed by atoms with Gasteiger partial charge in [-0.3, -0.25) is 4.79 Å². The van der Waals surface area contributed by atoms with Gasteiger partial charge in [-0.2, -0.15) is 4.31 Å². The Balaban J connectivity index is 1.75. The molecule has 204 valence electrons. The first-order valence-corrected chi connectivity index (χ1v) is 14.1. The first kappa shape index (κ1) is 28.0. The van der Waals surface area contributed by atoms with E-state index in [1.807, 2.05) is 49.4 Å². The van der Waals surface area contributed by atoms with Gasteiger partial charge in [0.1, 0.15) is 10.6 Å². The Labute approximate surface area is 224 Å². The van der Waals surface area contributed by atoms with Crippen LogP contribution >= 0.6 is 0 Å². The molecule has 1 aliphatic heterocycles. The topological polar surface area (TPSA) is 113 Å². The number of carbonyl (C=O) groups excluding carboxylic acids is 1. The van der Waals surface area contributed by atoms with E-state index in [4.69, 9.17) is 9.26 Å². The molecule has 3 atom stereocenters. The van der Waals surface area contributed by atoms with Crippen molar-refractivity contribution in [3.63, 3.8) is 0 Å². The number of hydrogen-bond donors (Lipinski definition) is 1. The second-order valence-electron chi connectivity index (χ2n) is 9.96. The Bertz CT molecular complexity index is 1380. The Morgan fingerprint density at radius 3 is 2.37 bits per heavy atom. The van der Waals surface area contributed by atoms with Gasteiger partial charge in [-0.1, -0.05) is 54.5 Å². The zero-order chi connectivity index (χ0) is 27.6. The van der Waals surface area contributed by atoms with Crippen molar-refractivity contribution < 1.29 is 27.6 Å². The molecule has 1 amide bonds. The van der Waals surface area contributed by atoms with Crippen LogP contribution in [0, 0.1) is 19.8 Å². The van der Waals surface area contributed by atoms with Gasteiger partial charge in [0.2, 0.25) is 10.0 Å². The molecule has 0 spiro atoms. The molecular formula is C28H35N3O6S. The minimum atomic E-state index is -3.90. The van der Waals surface area contributed by atoms with Crippen molar-refractivity contribution >= 4 is 15.9 Å². The Kier molecular flexibility index (Phi) is 8.37. The molecule has 1 N–H and O–H groups in total. The highest BCUT2D eigenvalue weighted by atomic mass is 32.2. The smallest absolute Gasteiger partial charge is 0.254 e. The van der Waals surface area contributed by atoms with Crippen LogP contribution in [0.3, 0.4) is 0 Å². The fourth-order valence-electron chi connectivity index (χ4n) is 4.90. The number of aryl methyl sites for hydroxylation is 2. The van der Waals surface area contributed by atoms with Crippen LogP contribution in [-0.2, 0) is 21.4 Å². The van der Waals surface area contributed by atoms with Crippen molar-refractivity contribution in [3.05, 3.63) is 71.1 Å². The number of benzene rings is 2. The van der Waals surface area contributed by atoms with Gasteiger partial charge in [0.05, 0.1) is 25.4 Å². The number of ether oxygens (including phenoxy) is 1. The number of sulfonamides is 1. The third-order valence-electron chi connectivity index (χ3n) is 7.17. The molecule has 38 heavy (non-hydrogen) atoms. The summed E-state index contributed by atoms with van der Waals surface area (Å²) in [4.78, 5) is 15.6. The van der Waals surface area contributed by atoms with Crippen molar-refractivity contribution in [2.45, 2.75) is 51.3 Å². The molecule has 0 fully saturated rings. The third-order valence-corrected chi connectivity index (χ3v) is 9.24. The Morgan fingerprint density at radius 1 is 1.11 bits per heavy atom. The van der Waals surface area contributed by atoms with E-state index in [1.165, 1.54) is 11.4 Å². The first-order valence-electron chi connectivity index (χ1n) is 12.7. The van der Waals surface area contributed by atoms with Gasteiger partial charge < -0.3 is 19.3 Å². The minimum Gasteiger partial charge on any atom is -0.394 e. The van der Waals surface area contributed by atoms with E-state index in [1.54, 1.807) is 31.7 Å². The van der Waals surface area contributed by atoms with E-state index in [0.29, 0.717) is 11.3 Å². The number of nitrogens with zero attached hydrogens (tertiary/aromatic N) is 3. The first-order chi connectivity index (χ1) is 18.1. The summed E-state index contributed by atoms with van der Waals surface area (Å²) in [6, 6.07) is 14.7. The standard InChI is InChI=1S/C28H35N3O6S/c1-18-14-31(19(2)16-32)28(33)25-13-9-8-12-24(25)23-11-7-6-10-22(23)17-36-26(18)15-30(5)38(34,35)27-20(3)29-37-21(27)4/h6-13,18-19,26,32H,14-17H2,1-5H3/t18-,19-,26+/m0/s1. The predicted octanol–water partition coefficient (Wildman–Crippen LogP) is 3.64. The van der Waals surface area contributed by atoms with Gasteiger partial charge in [0.25, 0.3) is 5.91 Å². The average Bonchev–Trinajstić information content (AvgIpc) is 3.25. The molecular weight excluding hydrogens is 506 g/mol. The molecule has 4 rings (SSSR count). The van der Waals surface area contributed by atoms with Gasteiger partial charge in [-0.15, -0.1) is 0 Å². The molecule has 0 aliphatic carbocycles. The number of hydrogen-bond acceptors (Lipinski definition) is 7.